The van der Waals surface area contributed by atoms with Gasteiger partial charge in [0.05, 0.1) is 17.9 Å². The Kier molecular flexibility index (Phi) is 7.01. The predicted octanol–water partition coefficient (Wildman–Crippen LogP) is 2.15. The van der Waals surface area contributed by atoms with Gasteiger partial charge in [-0.05, 0) is 37.1 Å². The Hall–Kier alpha value is -4.12. The van der Waals surface area contributed by atoms with Crippen LogP contribution in [0.1, 0.15) is 28.0 Å². The summed E-state index contributed by atoms with van der Waals surface area (Å²) in [6.45, 7) is 0.363. The van der Waals surface area contributed by atoms with Crippen molar-refractivity contribution in [2.24, 2.45) is 0 Å². The van der Waals surface area contributed by atoms with E-state index in [1.165, 1.54) is 4.90 Å². The number of carbonyl (C=O) groups is 2. The quantitative estimate of drug-likeness (QED) is 0.546. The van der Waals surface area contributed by atoms with Gasteiger partial charge in [-0.15, -0.1) is 0 Å². The van der Waals surface area contributed by atoms with Crippen LogP contribution in [0.3, 0.4) is 0 Å². The average Bonchev–Trinajstić information content (AvgIpc) is 3.12. The van der Waals surface area contributed by atoms with E-state index in [2.05, 4.69) is 16.5 Å². The molecule has 158 valence electrons. The molecule has 0 atom stereocenters. The largest absolute Gasteiger partial charge is 0.382 e. The van der Waals surface area contributed by atoms with E-state index in [1.54, 1.807) is 36.0 Å². The minimum atomic E-state index is -0.249. The van der Waals surface area contributed by atoms with E-state index >= 15 is 0 Å². The molecule has 3 N–H and O–H groups in total. The molecule has 1 aromatic heterocycles. The fraction of sp³-hybridized carbons (Fsp3) is 0.217. The number of hydrogen-bond donors (Lipinski definition) is 2. The van der Waals surface area contributed by atoms with Gasteiger partial charge in [0.25, 0.3) is 5.91 Å². The maximum absolute atomic E-state index is 12.3. The molecule has 0 radical (unpaired) electrons. The van der Waals surface area contributed by atoms with Crippen LogP contribution >= 0.6 is 0 Å². The minimum Gasteiger partial charge on any atom is -0.382 e. The zero-order valence-corrected chi connectivity index (χ0v) is 17.3. The van der Waals surface area contributed by atoms with Crippen LogP contribution in [0.5, 0.6) is 0 Å². The molecule has 0 unspecified atom stereocenters. The van der Waals surface area contributed by atoms with Crippen molar-refractivity contribution < 1.29 is 9.59 Å². The summed E-state index contributed by atoms with van der Waals surface area (Å²) >= 11 is 0. The Labute approximate surface area is 180 Å². The number of nitrogens with two attached hydrogens (primary N) is 1. The lowest BCUT2D eigenvalue weighted by atomic mass is 10.1. The average molecular weight is 416 g/mol. The topological polar surface area (TPSA) is 117 Å². The number of rotatable bonds is 8. The first kappa shape index (κ1) is 21.6. The predicted molar refractivity (Wildman–Crippen MR) is 117 cm³/mol. The van der Waals surface area contributed by atoms with Gasteiger partial charge in [-0.3, -0.25) is 9.59 Å². The monoisotopic (exact) mass is 416 g/mol. The highest BCUT2D eigenvalue weighted by Crippen LogP contribution is 2.21. The van der Waals surface area contributed by atoms with Gasteiger partial charge in [0.2, 0.25) is 5.91 Å². The number of carbonyl (C=O) groups excluding carboxylic acids is 2. The number of aryl methyl sites for hydroxylation is 1. The van der Waals surface area contributed by atoms with E-state index in [0.717, 1.165) is 5.69 Å². The van der Waals surface area contributed by atoms with Gasteiger partial charge >= 0.3 is 0 Å². The number of aromatic nitrogens is 2. The van der Waals surface area contributed by atoms with Crippen LogP contribution in [-0.4, -0.2) is 46.6 Å². The number of hydrogen-bond acceptors (Lipinski definition) is 5. The maximum Gasteiger partial charge on any atom is 0.254 e. The fourth-order valence-corrected chi connectivity index (χ4v) is 3.17. The molecule has 31 heavy (non-hydrogen) atoms. The molecular formula is C23H24N6O2. The number of nitriles is 1. The molecule has 3 rings (SSSR count). The molecule has 0 aliphatic rings. The second kappa shape index (κ2) is 10.1. The first-order valence-electron chi connectivity index (χ1n) is 9.91. The molecule has 0 aliphatic heterocycles. The smallest absolute Gasteiger partial charge is 0.254 e. The van der Waals surface area contributed by atoms with Gasteiger partial charge in [0.15, 0.2) is 0 Å². The number of nitrogen functional groups attached to an aromatic ring is 1. The van der Waals surface area contributed by atoms with E-state index in [-0.39, 0.29) is 18.4 Å². The second-order valence-corrected chi connectivity index (χ2v) is 7.05. The number of para-hydroxylation sites is 1. The first-order chi connectivity index (χ1) is 15.0. The highest BCUT2D eigenvalue weighted by atomic mass is 16.2. The summed E-state index contributed by atoms with van der Waals surface area (Å²) in [5.74, 6) is -0.160. The molecule has 0 saturated heterocycles. The summed E-state index contributed by atoms with van der Waals surface area (Å²) in [7, 11) is 1.59. The number of likely N-dealkylation sites (N-methyl/N-ethyl adjacent to an activating group) is 1. The van der Waals surface area contributed by atoms with Crippen LogP contribution in [0.2, 0.25) is 0 Å². The van der Waals surface area contributed by atoms with E-state index in [9.17, 15) is 14.9 Å². The van der Waals surface area contributed by atoms with Crippen molar-refractivity contribution in [2.75, 3.05) is 25.9 Å². The van der Waals surface area contributed by atoms with Crippen LogP contribution in [0.25, 0.3) is 5.69 Å². The van der Waals surface area contributed by atoms with Crippen molar-refractivity contribution in [1.82, 2.24) is 20.0 Å². The van der Waals surface area contributed by atoms with Crippen molar-refractivity contribution in [3.63, 3.8) is 0 Å². The summed E-state index contributed by atoms with van der Waals surface area (Å²) in [4.78, 5) is 25.9. The molecule has 0 saturated carbocycles. The molecule has 1 heterocycles. The van der Waals surface area contributed by atoms with Crippen LogP contribution < -0.4 is 11.1 Å². The highest BCUT2D eigenvalue weighted by molar-refractivity contribution is 5.96. The third-order valence-corrected chi connectivity index (χ3v) is 4.77. The van der Waals surface area contributed by atoms with Crippen molar-refractivity contribution in [3.05, 3.63) is 77.5 Å². The molecule has 2 aromatic carbocycles. The zero-order valence-electron chi connectivity index (χ0n) is 17.3. The Morgan fingerprint density at radius 1 is 1.13 bits per heavy atom. The maximum atomic E-state index is 12.3. The van der Waals surface area contributed by atoms with E-state index in [4.69, 9.17) is 5.73 Å². The van der Waals surface area contributed by atoms with Crippen molar-refractivity contribution in [3.8, 4) is 11.8 Å². The number of nitrogens with zero attached hydrogens (tertiary/aromatic N) is 4. The third-order valence-electron chi connectivity index (χ3n) is 4.77. The number of nitrogens with one attached hydrogen (secondary N) is 1. The summed E-state index contributed by atoms with van der Waals surface area (Å²) in [6.07, 6.45) is 1.08. The summed E-state index contributed by atoms with van der Waals surface area (Å²) in [6, 6.07) is 20.3. The van der Waals surface area contributed by atoms with Crippen LogP contribution in [0.4, 0.5) is 5.82 Å². The zero-order chi connectivity index (χ0) is 22.2. The van der Waals surface area contributed by atoms with E-state index in [1.807, 2.05) is 36.4 Å². The van der Waals surface area contributed by atoms with Crippen LogP contribution in [-0.2, 0) is 11.2 Å². The third kappa shape index (κ3) is 5.28. The minimum absolute atomic E-state index is 0.0350. The van der Waals surface area contributed by atoms with Gasteiger partial charge in [-0.2, -0.15) is 10.4 Å². The Morgan fingerprint density at radius 2 is 1.77 bits per heavy atom. The van der Waals surface area contributed by atoms with E-state index < -0.39 is 0 Å². The van der Waals surface area contributed by atoms with Gasteiger partial charge in [-0.25, -0.2) is 4.68 Å². The number of amides is 2. The molecule has 8 nitrogen and oxygen atoms in total. The number of anilines is 1. The van der Waals surface area contributed by atoms with Gasteiger partial charge < -0.3 is 16.0 Å². The summed E-state index contributed by atoms with van der Waals surface area (Å²) in [5.41, 5.74) is 8.36. The molecule has 0 bridgehead atoms. The molecular weight excluding hydrogens is 392 g/mol. The van der Waals surface area contributed by atoms with Crippen molar-refractivity contribution in [1.29, 1.82) is 5.26 Å². The molecule has 0 aliphatic carbocycles. The van der Waals surface area contributed by atoms with Crippen molar-refractivity contribution in [2.45, 2.75) is 12.8 Å². The number of benzene rings is 2. The normalized spacial score (nSPS) is 10.3. The lowest BCUT2D eigenvalue weighted by molar-refractivity contribution is -0.121. The second-order valence-electron chi connectivity index (χ2n) is 7.05. The lowest BCUT2D eigenvalue weighted by Gasteiger charge is -2.16. The van der Waals surface area contributed by atoms with Gasteiger partial charge in [0, 0.05) is 19.2 Å². The molecule has 8 heteroatoms. The molecule has 0 spiro atoms. The van der Waals surface area contributed by atoms with Gasteiger partial charge in [0.1, 0.15) is 17.5 Å². The lowest BCUT2D eigenvalue weighted by Crippen LogP contribution is -2.38. The molecule has 2 amide bonds. The fourth-order valence-electron chi connectivity index (χ4n) is 3.17. The summed E-state index contributed by atoms with van der Waals surface area (Å²) in [5, 5.41) is 16.7. The van der Waals surface area contributed by atoms with Crippen LogP contribution in [0.15, 0.2) is 60.7 Å². The molecule has 0 fully saturated rings. The Bertz CT molecular complexity index is 1090. The Balaban J connectivity index is 1.51. The standard InChI is InChI=1S/C23H24N6O2/c1-28(23(31)17-9-4-2-5-10-17)16-21(30)26-14-8-13-20-19(15-24)22(25)29(27-20)18-11-6-3-7-12-18/h2-7,9-12H,8,13-14,16,25H2,1H3,(H,26,30). The Morgan fingerprint density at radius 3 is 2.42 bits per heavy atom. The summed E-state index contributed by atoms with van der Waals surface area (Å²) < 4.78 is 1.55. The van der Waals surface area contributed by atoms with Crippen molar-refractivity contribution >= 4 is 17.6 Å². The van der Waals surface area contributed by atoms with E-state index in [0.29, 0.717) is 42.0 Å². The molecule has 3 aromatic rings. The van der Waals surface area contributed by atoms with Crippen LogP contribution in [0, 0.1) is 11.3 Å². The highest BCUT2D eigenvalue weighted by Gasteiger charge is 2.17. The first-order valence-corrected chi connectivity index (χ1v) is 9.91. The SMILES string of the molecule is CN(CC(=O)NCCCc1nn(-c2ccccc2)c(N)c1C#N)C(=O)c1ccccc1. The van der Waals surface area contributed by atoms with Gasteiger partial charge in [-0.1, -0.05) is 36.4 Å².